The fraction of sp³-hybridized carbons (Fsp3) is 0.182. The number of aliphatic hydroxyl groups excluding tert-OH is 1. The number of hydrogen-bond acceptors (Lipinski definition) is 6. The van der Waals surface area contributed by atoms with E-state index < -0.39 is 12.7 Å². The van der Waals surface area contributed by atoms with Gasteiger partial charge in [0.15, 0.2) is 6.79 Å². The SMILES string of the molecule is O=C(NCc1ccccc1)c1nonc1OCO. The zero-order chi connectivity index (χ0) is 12.8. The Labute approximate surface area is 102 Å². The first kappa shape index (κ1) is 12.1. The highest BCUT2D eigenvalue weighted by molar-refractivity contribution is 5.94. The van der Waals surface area contributed by atoms with Crippen molar-refractivity contribution in [3.05, 3.63) is 41.6 Å². The summed E-state index contributed by atoms with van der Waals surface area (Å²) in [5.41, 5.74) is 0.854. The molecule has 1 aromatic heterocycles. The number of carbonyl (C=O) groups excluding carboxylic acids is 1. The Hall–Kier alpha value is -2.41. The monoisotopic (exact) mass is 249 g/mol. The van der Waals surface area contributed by atoms with Crippen LogP contribution >= 0.6 is 0 Å². The zero-order valence-electron chi connectivity index (χ0n) is 9.37. The molecule has 0 bridgehead atoms. The van der Waals surface area contributed by atoms with Crippen molar-refractivity contribution in [3.8, 4) is 5.88 Å². The van der Waals surface area contributed by atoms with Gasteiger partial charge < -0.3 is 15.2 Å². The van der Waals surface area contributed by atoms with Gasteiger partial charge in [-0.05, 0) is 15.9 Å². The molecule has 7 heteroatoms. The first-order valence-electron chi connectivity index (χ1n) is 5.19. The van der Waals surface area contributed by atoms with E-state index in [1.807, 2.05) is 30.3 Å². The number of carbonyl (C=O) groups is 1. The third-order valence-corrected chi connectivity index (χ3v) is 2.17. The van der Waals surface area contributed by atoms with Gasteiger partial charge >= 0.3 is 0 Å². The Morgan fingerprint density at radius 3 is 2.83 bits per heavy atom. The lowest BCUT2D eigenvalue weighted by molar-refractivity contribution is 0.0854. The smallest absolute Gasteiger partial charge is 0.291 e. The molecule has 2 rings (SSSR count). The molecule has 1 amide bonds. The largest absolute Gasteiger partial charge is 0.447 e. The fourth-order valence-corrected chi connectivity index (χ4v) is 1.34. The van der Waals surface area contributed by atoms with Crippen LogP contribution in [0.15, 0.2) is 35.0 Å². The number of rotatable bonds is 5. The van der Waals surface area contributed by atoms with E-state index in [4.69, 9.17) is 5.11 Å². The van der Waals surface area contributed by atoms with Crippen molar-refractivity contribution in [1.82, 2.24) is 15.6 Å². The molecule has 0 saturated heterocycles. The normalized spacial score (nSPS) is 10.1. The highest BCUT2D eigenvalue weighted by Crippen LogP contribution is 2.12. The maximum atomic E-state index is 11.7. The van der Waals surface area contributed by atoms with Crippen molar-refractivity contribution in [1.29, 1.82) is 0 Å². The van der Waals surface area contributed by atoms with Crippen molar-refractivity contribution in [2.24, 2.45) is 0 Å². The number of benzene rings is 1. The van der Waals surface area contributed by atoms with E-state index >= 15 is 0 Å². The predicted octanol–water partition coefficient (Wildman–Crippen LogP) is 0.328. The van der Waals surface area contributed by atoms with Crippen LogP contribution < -0.4 is 10.1 Å². The Bertz CT molecular complexity index is 512. The summed E-state index contributed by atoms with van der Waals surface area (Å²) >= 11 is 0. The molecule has 1 aromatic carbocycles. The lowest BCUT2D eigenvalue weighted by Crippen LogP contribution is -2.23. The number of aliphatic hydroxyl groups is 1. The molecule has 2 N–H and O–H groups in total. The number of hydrogen-bond donors (Lipinski definition) is 2. The standard InChI is InChI=1S/C11H11N3O4/c15-7-17-11-9(13-18-14-11)10(16)12-6-8-4-2-1-3-5-8/h1-5,15H,6-7H2,(H,12,16). The number of amides is 1. The van der Waals surface area contributed by atoms with E-state index in [9.17, 15) is 4.79 Å². The summed E-state index contributed by atoms with van der Waals surface area (Å²) in [7, 11) is 0. The number of nitrogens with zero attached hydrogens (tertiary/aromatic N) is 2. The lowest BCUT2D eigenvalue weighted by Gasteiger charge is -2.03. The first-order valence-corrected chi connectivity index (χ1v) is 5.19. The van der Waals surface area contributed by atoms with E-state index in [-0.39, 0.29) is 11.6 Å². The Balaban J connectivity index is 1.97. The van der Waals surface area contributed by atoms with Crippen molar-refractivity contribution in [2.45, 2.75) is 6.54 Å². The summed E-state index contributed by atoms with van der Waals surface area (Å²) in [6.07, 6.45) is 0. The van der Waals surface area contributed by atoms with E-state index in [1.165, 1.54) is 0 Å². The Kier molecular flexibility index (Phi) is 3.87. The van der Waals surface area contributed by atoms with Gasteiger partial charge in [0.25, 0.3) is 11.8 Å². The average molecular weight is 249 g/mol. The fourth-order valence-electron chi connectivity index (χ4n) is 1.34. The van der Waals surface area contributed by atoms with Crippen LogP contribution in [0.25, 0.3) is 0 Å². The first-order chi connectivity index (χ1) is 8.81. The minimum Gasteiger partial charge on any atom is -0.447 e. The van der Waals surface area contributed by atoms with E-state index in [0.29, 0.717) is 6.54 Å². The van der Waals surface area contributed by atoms with Crippen LogP contribution in [-0.2, 0) is 6.54 Å². The topological polar surface area (TPSA) is 97.5 Å². The second-order valence-electron chi connectivity index (χ2n) is 3.36. The van der Waals surface area contributed by atoms with Crippen molar-refractivity contribution in [2.75, 3.05) is 6.79 Å². The summed E-state index contributed by atoms with van der Waals surface area (Å²) in [5.74, 6) is -0.619. The van der Waals surface area contributed by atoms with Crippen LogP contribution in [-0.4, -0.2) is 28.1 Å². The molecule has 7 nitrogen and oxygen atoms in total. The van der Waals surface area contributed by atoms with Crippen LogP contribution in [0.3, 0.4) is 0 Å². The summed E-state index contributed by atoms with van der Waals surface area (Å²) < 4.78 is 9.05. The molecule has 0 atom stereocenters. The molecule has 94 valence electrons. The number of aromatic nitrogens is 2. The molecule has 2 aromatic rings. The maximum absolute atomic E-state index is 11.7. The van der Waals surface area contributed by atoms with Gasteiger partial charge in [0.05, 0.1) is 0 Å². The highest BCUT2D eigenvalue weighted by atomic mass is 16.6. The number of ether oxygens (including phenoxy) is 1. The molecular weight excluding hydrogens is 238 g/mol. The third kappa shape index (κ3) is 2.83. The van der Waals surface area contributed by atoms with Crippen LogP contribution in [0, 0.1) is 0 Å². The molecule has 0 radical (unpaired) electrons. The van der Waals surface area contributed by atoms with Crippen LogP contribution in [0.1, 0.15) is 16.1 Å². The van der Waals surface area contributed by atoms with Crippen LogP contribution in [0.5, 0.6) is 5.88 Å². The third-order valence-electron chi connectivity index (χ3n) is 2.17. The lowest BCUT2D eigenvalue weighted by atomic mass is 10.2. The van der Waals surface area contributed by atoms with Gasteiger partial charge in [0.2, 0.25) is 5.69 Å². The van der Waals surface area contributed by atoms with Gasteiger partial charge in [0.1, 0.15) is 0 Å². The van der Waals surface area contributed by atoms with Gasteiger partial charge in [0, 0.05) is 6.54 Å². The van der Waals surface area contributed by atoms with Gasteiger partial charge in [-0.3, -0.25) is 4.79 Å². The predicted molar refractivity (Wildman–Crippen MR) is 59.6 cm³/mol. The molecule has 1 heterocycles. The maximum Gasteiger partial charge on any atom is 0.291 e. The van der Waals surface area contributed by atoms with E-state index in [0.717, 1.165) is 5.56 Å². The van der Waals surface area contributed by atoms with Crippen LogP contribution in [0.2, 0.25) is 0 Å². The van der Waals surface area contributed by atoms with Gasteiger partial charge in [-0.2, -0.15) is 0 Å². The van der Waals surface area contributed by atoms with Gasteiger partial charge in [-0.15, -0.1) is 0 Å². The van der Waals surface area contributed by atoms with Crippen LogP contribution in [0.4, 0.5) is 0 Å². The zero-order valence-corrected chi connectivity index (χ0v) is 9.37. The van der Waals surface area contributed by atoms with Crippen molar-refractivity contribution < 1.29 is 19.3 Å². The average Bonchev–Trinajstić information content (AvgIpc) is 2.86. The van der Waals surface area contributed by atoms with Crippen molar-refractivity contribution >= 4 is 5.91 Å². The summed E-state index contributed by atoms with van der Waals surface area (Å²) in [6.45, 7) is -0.252. The summed E-state index contributed by atoms with van der Waals surface area (Å²) in [4.78, 5) is 11.7. The highest BCUT2D eigenvalue weighted by Gasteiger charge is 2.19. The molecular formula is C11H11N3O4. The molecule has 0 aliphatic rings. The molecule has 0 aliphatic carbocycles. The van der Waals surface area contributed by atoms with Crippen molar-refractivity contribution in [3.63, 3.8) is 0 Å². The number of nitrogens with one attached hydrogen (secondary N) is 1. The summed E-state index contributed by atoms with van der Waals surface area (Å²) in [6, 6.07) is 9.40. The quantitative estimate of drug-likeness (QED) is 0.741. The molecule has 18 heavy (non-hydrogen) atoms. The molecule has 0 fully saturated rings. The van der Waals surface area contributed by atoms with Gasteiger partial charge in [-0.1, -0.05) is 30.3 Å². The summed E-state index contributed by atoms with van der Waals surface area (Å²) in [5, 5.41) is 18.0. The molecule has 0 aliphatic heterocycles. The van der Waals surface area contributed by atoms with E-state index in [1.54, 1.807) is 0 Å². The van der Waals surface area contributed by atoms with Gasteiger partial charge in [-0.25, -0.2) is 4.63 Å². The second-order valence-corrected chi connectivity index (χ2v) is 3.36. The Morgan fingerprint density at radius 1 is 1.33 bits per heavy atom. The molecule has 0 unspecified atom stereocenters. The van der Waals surface area contributed by atoms with E-state index in [2.05, 4.69) is 25.0 Å². The minimum absolute atomic E-state index is 0.0972. The minimum atomic E-state index is -0.604. The molecule has 0 saturated carbocycles. The molecule has 0 spiro atoms. The Morgan fingerprint density at radius 2 is 2.11 bits per heavy atom. The second kappa shape index (κ2) is 5.78.